The van der Waals surface area contributed by atoms with Gasteiger partial charge < -0.3 is 14.2 Å². The number of aryl methyl sites for hydroxylation is 2. The van der Waals surface area contributed by atoms with Crippen LogP contribution < -0.4 is 10.9 Å². The SMILES string of the molecule is Cn1c(SCc2nc(C(=O)NCc3ccco3)co2)nc2sc3c(c2c1=O)CCCC3. The highest BCUT2D eigenvalue weighted by Crippen LogP contribution is 2.34. The van der Waals surface area contributed by atoms with Crippen molar-refractivity contribution < 1.29 is 13.6 Å². The molecule has 4 aromatic rings. The molecule has 1 aliphatic carbocycles. The zero-order valence-corrected chi connectivity index (χ0v) is 18.5. The second-order valence-electron chi connectivity index (χ2n) is 7.33. The minimum absolute atomic E-state index is 0.00250. The van der Waals surface area contributed by atoms with Gasteiger partial charge in [-0.2, -0.15) is 0 Å². The van der Waals surface area contributed by atoms with E-state index in [1.165, 1.54) is 34.9 Å². The van der Waals surface area contributed by atoms with Crippen LogP contribution in [-0.4, -0.2) is 20.4 Å². The Morgan fingerprint density at radius 1 is 1.29 bits per heavy atom. The molecule has 0 unspecified atom stereocenters. The van der Waals surface area contributed by atoms with E-state index in [4.69, 9.17) is 13.8 Å². The van der Waals surface area contributed by atoms with E-state index < -0.39 is 0 Å². The van der Waals surface area contributed by atoms with Crippen LogP contribution in [0.3, 0.4) is 0 Å². The van der Waals surface area contributed by atoms with Gasteiger partial charge in [0.25, 0.3) is 11.5 Å². The van der Waals surface area contributed by atoms with Gasteiger partial charge in [0, 0.05) is 11.9 Å². The topological polar surface area (TPSA) is 103 Å². The smallest absolute Gasteiger partial charge is 0.273 e. The number of aromatic nitrogens is 3. The first-order valence-corrected chi connectivity index (χ1v) is 11.8. The lowest BCUT2D eigenvalue weighted by atomic mass is 9.97. The highest BCUT2D eigenvalue weighted by Gasteiger charge is 2.21. The van der Waals surface area contributed by atoms with Gasteiger partial charge in [-0.3, -0.25) is 14.2 Å². The van der Waals surface area contributed by atoms with Crippen molar-refractivity contribution in [1.29, 1.82) is 0 Å². The fourth-order valence-electron chi connectivity index (χ4n) is 3.68. The van der Waals surface area contributed by atoms with E-state index in [1.807, 2.05) is 0 Å². The van der Waals surface area contributed by atoms with Gasteiger partial charge in [0.15, 0.2) is 10.9 Å². The molecule has 160 valence electrons. The average molecular weight is 457 g/mol. The van der Waals surface area contributed by atoms with Crippen LogP contribution in [0.2, 0.25) is 0 Å². The van der Waals surface area contributed by atoms with Crippen molar-refractivity contribution in [2.45, 2.75) is 43.1 Å². The number of rotatable bonds is 6. The number of nitrogens with one attached hydrogen (secondary N) is 1. The number of furan rings is 1. The number of fused-ring (bicyclic) bond motifs is 3. The minimum atomic E-state index is -0.340. The van der Waals surface area contributed by atoms with E-state index in [-0.39, 0.29) is 23.7 Å². The molecule has 0 spiro atoms. The van der Waals surface area contributed by atoms with Gasteiger partial charge in [0.05, 0.1) is 23.9 Å². The summed E-state index contributed by atoms with van der Waals surface area (Å²) in [6.45, 7) is 0.277. The fourth-order valence-corrected chi connectivity index (χ4v) is 5.80. The Bertz CT molecular complexity index is 1300. The van der Waals surface area contributed by atoms with Gasteiger partial charge in [0.2, 0.25) is 5.89 Å². The molecule has 8 nitrogen and oxygen atoms in total. The number of nitrogens with zero attached hydrogens (tertiary/aromatic N) is 3. The summed E-state index contributed by atoms with van der Waals surface area (Å²) < 4.78 is 12.2. The molecule has 1 N–H and O–H groups in total. The summed E-state index contributed by atoms with van der Waals surface area (Å²) in [5.41, 5.74) is 1.39. The fraction of sp³-hybridized carbons (Fsp3) is 0.333. The first kappa shape index (κ1) is 20.1. The molecule has 0 aliphatic heterocycles. The van der Waals surface area contributed by atoms with E-state index in [9.17, 15) is 9.59 Å². The van der Waals surface area contributed by atoms with Crippen molar-refractivity contribution in [2.75, 3.05) is 0 Å². The first-order chi connectivity index (χ1) is 15.1. The van der Waals surface area contributed by atoms with Gasteiger partial charge in [-0.15, -0.1) is 11.3 Å². The Morgan fingerprint density at radius 2 is 2.16 bits per heavy atom. The van der Waals surface area contributed by atoms with E-state index in [0.29, 0.717) is 22.6 Å². The molecule has 31 heavy (non-hydrogen) atoms. The Morgan fingerprint density at radius 3 is 3.00 bits per heavy atom. The van der Waals surface area contributed by atoms with Gasteiger partial charge >= 0.3 is 0 Å². The Labute approximate surface area is 185 Å². The summed E-state index contributed by atoms with van der Waals surface area (Å²) in [4.78, 5) is 36.3. The predicted molar refractivity (Wildman–Crippen MR) is 117 cm³/mol. The van der Waals surface area contributed by atoms with Crippen molar-refractivity contribution in [2.24, 2.45) is 7.05 Å². The standard InChI is InChI=1S/C21H20N4O4S2/c1-25-20(27)17-13-6-2-3-7-15(13)31-19(17)24-21(25)30-11-16-23-14(10-29-16)18(26)22-9-12-5-4-8-28-12/h4-5,8,10H,2-3,6-7,9,11H2,1H3,(H,22,26). The van der Waals surface area contributed by atoms with Crippen LogP contribution in [0.5, 0.6) is 0 Å². The lowest BCUT2D eigenvalue weighted by Crippen LogP contribution is -2.22. The normalized spacial score (nSPS) is 13.5. The monoisotopic (exact) mass is 456 g/mol. The van der Waals surface area contributed by atoms with Crippen molar-refractivity contribution in [3.05, 3.63) is 62.8 Å². The van der Waals surface area contributed by atoms with Crippen LogP contribution in [0.15, 0.2) is 43.4 Å². The second-order valence-corrected chi connectivity index (χ2v) is 9.35. The van der Waals surface area contributed by atoms with Crippen molar-refractivity contribution >= 4 is 39.2 Å². The quantitative estimate of drug-likeness (QED) is 0.349. The maximum Gasteiger partial charge on any atom is 0.273 e. The van der Waals surface area contributed by atoms with Crippen molar-refractivity contribution in [3.8, 4) is 0 Å². The number of carbonyl (C=O) groups is 1. The number of hydrogen-bond acceptors (Lipinski definition) is 8. The van der Waals surface area contributed by atoms with Gasteiger partial charge in [0.1, 0.15) is 16.9 Å². The summed E-state index contributed by atoms with van der Waals surface area (Å²) >= 11 is 3.00. The van der Waals surface area contributed by atoms with Gasteiger partial charge in [-0.05, 0) is 43.4 Å². The number of thioether (sulfide) groups is 1. The summed E-state index contributed by atoms with van der Waals surface area (Å²) in [7, 11) is 1.74. The molecule has 0 saturated heterocycles. The highest BCUT2D eigenvalue weighted by atomic mass is 32.2. The maximum absolute atomic E-state index is 13.0. The largest absolute Gasteiger partial charge is 0.467 e. The van der Waals surface area contributed by atoms with Crippen LogP contribution in [0, 0.1) is 0 Å². The molecule has 0 aromatic carbocycles. The number of oxazole rings is 1. The predicted octanol–water partition coefficient (Wildman–Crippen LogP) is 3.68. The second kappa shape index (κ2) is 8.35. The third-order valence-electron chi connectivity index (χ3n) is 5.27. The van der Waals surface area contributed by atoms with Crippen LogP contribution in [0.25, 0.3) is 10.2 Å². The van der Waals surface area contributed by atoms with E-state index >= 15 is 0 Å². The molecule has 0 saturated carbocycles. The molecule has 0 bridgehead atoms. The number of hydrogen-bond donors (Lipinski definition) is 1. The van der Waals surface area contributed by atoms with Crippen LogP contribution >= 0.6 is 23.1 Å². The minimum Gasteiger partial charge on any atom is -0.467 e. The first-order valence-electron chi connectivity index (χ1n) is 9.99. The molecule has 5 rings (SSSR count). The van der Waals surface area contributed by atoms with Crippen molar-refractivity contribution in [3.63, 3.8) is 0 Å². The molecule has 1 aliphatic rings. The Balaban J connectivity index is 1.29. The summed E-state index contributed by atoms with van der Waals surface area (Å²) in [5, 5.41) is 4.12. The van der Waals surface area contributed by atoms with E-state index in [1.54, 1.807) is 41.3 Å². The molecule has 0 fully saturated rings. The molecular weight excluding hydrogens is 436 g/mol. The number of amides is 1. The average Bonchev–Trinajstić information content (AvgIpc) is 3.53. The van der Waals surface area contributed by atoms with Crippen molar-refractivity contribution in [1.82, 2.24) is 19.9 Å². The molecule has 1 amide bonds. The lowest BCUT2D eigenvalue weighted by molar-refractivity contribution is 0.0943. The molecule has 4 heterocycles. The zero-order valence-electron chi connectivity index (χ0n) is 16.8. The van der Waals surface area contributed by atoms with Gasteiger partial charge in [-0.25, -0.2) is 9.97 Å². The molecule has 0 radical (unpaired) electrons. The Hall–Kier alpha value is -2.85. The molecule has 10 heteroatoms. The summed E-state index contributed by atoms with van der Waals surface area (Å²) in [6, 6.07) is 3.54. The zero-order chi connectivity index (χ0) is 21.4. The van der Waals surface area contributed by atoms with Crippen LogP contribution in [0.4, 0.5) is 0 Å². The third kappa shape index (κ3) is 3.92. The highest BCUT2D eigenvalue weighted by molar-refractivity contribution is 7.98. The number of carbonyl (C=O) groups excluding carboxylic acids is 1. The van der Waals surface area contributed by atoms with Gasteiger partial charge in [-0.1, -0.05) is 11.8 Å². The van der Waals surface area contributed by atoms with Crippen LogP contribution in [-0.2, 0) is 32.2 Å². The molecular formula is C21H20N4O4S2. The number of thiophene rings is 1. The Kier molecular flexibility index (Phi) is 5.41. The summed E-state index contributed by atoms with van der Waals surface area (Å²) in [5.74, 6) is 1.08. The molecule has 0 atom stereocenters. The van der Waals surface area contributed by atoms with E-state index in [2.05, 4.69) is 10.3 Å². The maximum atomic E-state index is 13.0. The van der Waals surface area contributed by atoms with E-state index in [0.717, 1.165) is 29.5 Å². The third-order valence-corrected chi connectivity index (χ3v) is 7.47. The molecule has 4 aromatic heterocycles. The summed E-state index contributed by atoms with van der Waals surface area (Å²) in [6.07, 6.45) is 7.17. The lowest BCUT2D eigenvalue weighted by Gasteiger charge is -2.10. The van der Waals surface area contributed by atoms with Crippen LogP contribution in [0.1, 0.15) is 45.4 Å².